The van der Waals surface area contributed by atoms with E-state index in [0.717, 1.165) is 11.8 Å². The number of thiol groups is 1. The van der Waals surface area contributed by atoms with Crippen molar-refractivity contribution in [3.05, 3.63) is 0 Å². The molecule has 0 saturated heterocycles. The summed E-state index contributed by atoms with van der Waals surface area (Å²) < 4.78 is 2.29. The highest BCUT2D eigenvalue weighted by atomic mass is 32.2. The molecule has 6 nitrogen and oxygen atoms in total. The quantitative estimate of drug-likeness (QED) is 0.363. The van der Waals surface area contributed by atoms with E-state index in [-0.39, 0.29) is 11.5 Å². The average Bonchev–Trinajstić information content (AvgIpc) is 2.11. The molecule has 0 aromatic heterocycles. The van der Waals surface area contributed by atoms with Gasteiger partial charge >= 0.3 is 11.9 Å². The van der Waals surface area contributed by atoms with Gasteiger partial charge in [0.05, 0.1) is 0 Å². The van der Waals surface area contributed by atoms with Crippen LogP contribution in [0.15, 0.2) is 0 Å². The number of carboxylic acid groups (broad SMARTS) is 2. The van der Waals surface area contributed by atoms with E-state index < -0.39 is 24.0 Å². The van der Waals surface area contributed by atoms with Crippen molar-refractivity contribution in [3.63, 3.8) is 0 Å². The monoisotopic (exact) mass is 240 g/mol. The molecule has 0 aromatic rings. The number of thioether (sulfide) groups is 1. The molecule has 0 fully saturated rings. The summed E-state index contributed by atoms with van der Waals surface area (Å²) in [5.74, 6) is -1.73. The van der Waals surface area contributed by atoms with Crippen LogP contribution in [0.3, 0.4) is 0 Å². The van der Waals surface area contributed by atoms with Crippen molar-refractivity contribution < 1.29 is 19.8 Å². The molecule has 2 atom stereocenters. The van der Waals surface area contributed by atoms with Gasteiger partial charge in [-0.2, -0.15) is 11.8 Å². The van der Waals surface area contributed by atoms with Crippen LogP contribution in [-0.4, -0.2) is 45.7 Å². The van der Waals surface area contributed by atoms with Crippen LogP contribution in [0.4, 0.5) is 0 Å². The van der Waals surface area contributed by atoms with Gasteiger partial charge in [0.25, 0.3) is 0 Å². The van der Waals surface area contributed by atoms with Crippen molar-refractivity contribution in [1.82, 2.24) is 4.72 Å². The molecule has 0 aliphatic rings. The molecule has 0 heterocycles. The van der Waals surface area contributed by atoms with Crippen LogP contribution in [0.5, 0.6) is 0 Å². The number of nitrogens with one attached hydrogen (secondary N) is 1. The summed E-state index contributed by atoms with van der Waals surface area (Å²) in [6.45, 7) is 0. The van der Waals surface area contributed by atoms with Gasteiger partial charge < -0.3 is 15.9 Å². The summed E-state index contributed by atoms with van der Waals surface area (Å²) in [6, 6.07) is -1.77. The topological polar surface area (TPSA) is 113 Å². The van der Waals surface area contributed by atoms with E-state index in [0.29, 0.717) is 0 Å². The van der Waals surface area contributed by atoms with E-state index in [2.05, 4.69) is 17.5 Å². The Labute approximate surface area is 90.8 Å². The van der Waals surface area contributed by atoms with Gasteiger partial charge in [0.1, 0.15) is 12.1 Å². The van der Waals surface area contributed by atoms with Crippen molar-refractivity contribution in [2.24, 2.45) is 5.73 Å². The van der Waals surface area contributed by atoms with Crippen LogP contribution in [-0.2, 0) is 9.59 Å². The van der Waals surface area contributed by atoms with Gasteiger partial charge in [0, 0.05) is 11.5 Å². The molecule has 0 spiro atoms. The minimum atomic E-state index is -1.09. The molecule has 8 heteroatoms. The van der Waals surface area contributed by atoms with E-state index in [1.807, 2.05) is 0 Å². The molecule has 14 heavy (non-hydrogen) atoms. The van der Waals surface area contributed by atoms with Crippen LogP contribution < -0.4 is 10.5 Å². The lowest BCUT2D eigenvalue weighted by atomic mass is 10.4. The maximum absolute atomic E-state index is 10.5. The lowest BCUT2D eigenvalue weighted by molar-refractivity contribution is -0.138. The SMILES string of the molecule is N[C@@H](CSC[C@H](NS)C(=O)O)C(=O)O. The maximum atomic E-state index is 10.5. The van der Waals surface area contributed by atoms with E-state index in [9.17, 15) is 9.59 Å². The second-order valence-electron chi connectivity index (χ2n) is 2.50. The minimum Gasteiger partial charge on any atom is -0.480 e. The fraction of sp³-hybridized carbons (Fsp3) is 0.667. The molecule has 0 bridgehead atoms. The first kappa shape index (κ1) is 13.6. The predicted molar refractivity (Wildman–Crippen MR) is 56.5 cm³/mol. The zero-order valence-electron chi connectivity index (χ0n) is 7.21. The zero-order chi connectivity index (χ0) is 11.1. The molecular weight excluding hydrogens is 228 g/mol. The first-order valence-electron chi connectivity index (χ1n) is 3.67. The fourth-order valence-corrected chi connectivity index (χ4v) is 1.87. The normalized spacial score (nSPS) is 14.7. The van der Waals surface area contributed by atoms with E-state index in [1.54, 1.807) is 0 Å². The molecule has 0 rings (SSSR count). The Bertz CT molecular complexity index is 214. The van der Waals surface area contributed by atoms with Gasteiger partial charge in [0.2, 0.25) is 0 Å². The Hall–Kier alpha value is -0.440. The lowest BCUT2D eigenvalue weighted by Gasteiger charge is -2.10. The first-order valence-corrected chi connectivity index (χ1v) is 5.27. The smallest absolute Gasteiger partial charge is 0.322 e. The summed E-state index contributed by atoms with van der Waals surface area (Å²) >= 11 is 4.78. The third kappa shape index (κ3) is 5.32. The summed E-state index contributed by atoms with van der Waals surface area (Å²) in [6.07, 6.45) is 0. The summed E-state index contributed by atoms with van der Waals surface area (Å²) in [7, 11) is 0. The van der Waals surface area contributed by atoms with Gasteiger partial charge in [-0.25, -0.2) is 0 Å². The number of carbonyl (C=O) groups is 2. The van der Waals surface area contributed by atoms with Crippen LogP contribution in [0.1, 0.15) is 0 Å². The standard InChI is InChI=1S/C6H12N2O4S2/c7-3(5(9)10)1-14-2-4(8-13)6(11)12/h3-4,8,13H,1-2,7H2,(H,9,10)(H,11,12)/t3-,4-/m0/s1. The van der Waals surface area contributed by atoms with Gasteiger partial charge in [-0.05, 0) is 0 Å². The third-order valence-electron chi connectivity index (χ3n) is 1.35. The average molecular weight is 240 g/mol. The molecule has 5 N–H and O–H groups in total. The highest BCUT2D eigenvalue weighted by Gasteiger charge is 2.17. The Morgan fingerprint density at radius 3 is 2.29 bits per heavy atom. The number of rotatable bonds is 7. The largest absolute Gasteiger partial charge is 0.480 e. The van der Waals surface area contributed by atoms with Crippen molar-refractivity contribution in [1.29, 1.82) is 0 Å². The number of hydrogen-bond donors (Lipinski definition) is 5. The second kappa shape index (κ2) is 6.93. The molecule has 0 radical (unpaired) electrons. The van der Waals surface area contributed by atoms with Crippen LogP contribution in [0.2, 0.25) is 0 Å². The molecule has 0 aromatic carbocycles. The third-order valence-corrected chi connectivity index (χ3v) is 2.83. The minimum absolute atomic E-state index is 0.175. The number of hydrogen-bond acceptors (Lipinski definition) is 6. The van der Waals surface area contributed by atoms with Gasteiger partial charge in [-0.15, -0.1) is 0 Å². The van der Waals surface area contributed by atoms with E-state index >= 15 is 0 Å². The highest BCUT2D eigenvalue weighted by Crippen LogP contribution is 2.05. The van der Waals surface area contributed by atoms with E-state index in [1.165, 1.54) is 0 Å². The second-order valence-corrected chi connectivity index (χ2v) is 3.84. The van der Waals surface area contributed by atoms with Crippen molar-refractivity contribution in [3.8, 4) is 0 Å². The molecule has 0 amide bonds. The number of carboxylic acids is 2. The van der Waals surface area contributed by atoms with Gasteiger partial charge in [-0.1, -0.05) is 12.8 Å². The Kier molecular flexibility index (Phi) is 6.71. The molecule has 0 aliphatic carbocycles. The first-order chi connectivity index (χ1) is 6.49. The number of aliphatic carboxylic acids is 2. The number of nitrogens with two attached hydrogens (primary N) is 1. The lowest BCUT2D eigenvalue weighted by Crippen LogP contribution is -2.36. The Morgan fingerprint density at radius 2 is 1.93 bits per heavy atom. The summed E-state index contributed by atoms with van der Waals surface area (Å²) in [4.78, 5) is 20.8. The fourth-order valence-electron chi connectivity index (χ4n) is 0.548. The molecule has 0 aliphatic heterocycles. The van der Waals surface area contributed by atoms with Crippen LogP contribution >= 0.6 is 24.6 Å². The molecule has 0 saturated carbocycles. The summed E-state index contributed by atoms with van der Waals surface area (Å²) in [5.41, 5.74) is 5.21. The van der Waals surface area contributed by atoms with Crippen molar-refractivity contribution in [2.75, 3.05) is 11.5 Å². The zero-order valence-corrected chi connectivity index (χ0v) is 8.92. The predicted octanol–water partition coefficient (Wildman–Crippen LogP) is -0.981. The molecular formula is C6H12N2O4S2. The molecule has 0 unspecified atom stereocenters. The maximum Gasteiger partial charge on any atom is 0.322 e. The van der Waals surface area contributed by atoms with Crippen molar-refractivity contribution in [2.45, 2.75) is 12.1 Å². The summed E-state index contributed by atoms with van der Waals surface area (Å²) in [5, 5.41) is 17.0. The van der Waals surface area contributed by atoms with Gasteiger partial charge in [0.15, 0.2) is 0 Å². The van der Waals surface area contributed by atoms with E-state index in [4.69, 9.17) is 15.9 Å². The van der Waals surface area contributed by atoms with Crippen LogP contribution in [0.25, 0.3) is 0 Å². The Morgan fingerprint density at radius 1 is 1.36 bits per heavy atom. The van der Waals surface area contributed by atoms with Crippen LogP contribution in [0, 0.1) is 0 Å². The molecule has 82 valence electrons. The van der Waals surface area contributed by atoms with Crippen molar-refractivity contribution >= 4 is 36.5 Å². The van der Waals surface area contributed by atoms with Gasteiger partial charge in [-0.3, -0.25) is 14.3 Å². The Balaban J connectivity index is 3.71. The highest BCUT2D eigenvalue weighted by molar-refractivity contribution is 7.99.